The highest BCUT2D eigenvalue weighted by molar-refractivity contribution is 5.74. The predicted molar refractivity (Wildman–Crippen MR) is 132 cm³/mol. The number of carboxylic acids is 1. The van der Waals surface area contributed by atoms with E-state index in [1.54, 1.807) is 0 Å². The van der Waals surface area contributed by atoms with Gasteiger partial charge in [0.25, 0.3) is 0 Å². The van der Waals surface area contributed by atoms with Crippen LogP contribution >= 0.6 is 0 Å². The van der Waals surface area contributed by atoms with E-state index < -0.39 is 11.4 Å². The maximum absolute atomic E-state index is 12.3. The number of epoxide rings is 1. The molecule has 6 fully saturated rings. The van der Waals surface area contributed by atoms with Crippen molar-refractivity contribution in [3.8, 4) is 0 Å². The first-order valence-corrected chi connectivity index (χ1v) is 14.2. The van der Waals surface area contributed by atoms with Crippen LogP contribution in [0.2, 0.25) is 0 Å². The smallest absolute Gasteiger partial charge is 0.309 e. The Balaban J connectivity index is 1.41. The maximum atomic E-state index is 12.3. The lowest BCUT2D eigenvalue weighted by molar-refractivity contribution is -0.249. The molecule has 1 aliphatic heterocycles. The zero-order valence-corrected chi connectivity index (χ0v) is 22.7. The van der Waals surface area contributed by atoms with E-state index in [4.69, 9.17) is 4.74 Å². The maximum Gasteiger partial charge on any atom is 0.309 e. The summed E-state index contributed by atoms with van der Waals surface area (Å²) in [4.78, 5) is 12.3. The van der Waals surface area contributed by atoms with Crippen LogP contribution in [0.3, 0.4) is 0 Å². The Morgan fingerprint density at radius 3 is 2.09 bits per heavy atom. The van der Waals surface area contributed by atoms with E-state index in [0.717, 1.165) is 38.5 Å². The molecule has 11 atom stereocenters. The first kappa shape index (κ1) is 23.8. The van der Waals surface area contributed by atoms with Crippen molar-refractivity contribution in [1.82, 2.24) is 0 Å². The van der Waals surface area contributed by atoms with E-state index >= 15 is 0 Å². The predicted octanol–water partition coefficient (Wildman–Crippen LogP) is 6.44. The van der Waals surface area contributed by atoms with Crippen molar-refractivity contribution in [1.29, 1.82) is 0 Å². The van der Waals surface area contributed by atoms with E-state index in [0.29, 0.717) is 17.8 Å². The highest BCUT2D eigenvalue weighted by atomic mass is 16.6. The number of hydrogen-bond acceptors (Lipinski definition) is 3. The van der Waals surface area contributed by atoms with Crippen LogP contribution in [0.25, 0.3) is 0 Å². The van der Waals surface area contributed by atoms with Crippen molar-refractivity contribution in [3.05, 3.63) is 0 Å². The largest absolute Gasteiger partial charge is 0.481 e. The number of fused-ring (bicyclic) bond motifs is 6. The van der Waals surface area contributed by atoms with Gasteiger partial charge in [0.05, 0.1) is 17.6 Å². The molecule has 5 aliphatic carbocycles. The second-order valence-electron chi connectivity index (χ2n) is 15.7. The average Bonchev–Trinajstić information content (AvgIpc) is 3.50. The molecular weight excluding hydrogens is 424 g/mol. The van der Waals surface area contributed by atoms with Crippen molar-refractivity contribution >= 4 is 5.97 Å². The molecule has 192 valence electrons. The van der Waals surface area contributed by atoms with Gasteiger partial charge in [0, 0.05) is 5.41 Å². The number of rotatable bonds is 1. The van der Waals surface area contributed by atoms with Gasteiger partial charge in [-0.15, -0.1) is 0 Å². The normalized spacial score (nSPS) is 61.7. The van der Waals surface area contributed by atoms with Crippen LogP contribution in [0.1, 0.15) is 113 Å². The molecule has 0 aromatic heterocycles. The van der Waals surface area contributed by atoms with Gasteiger partial charge in [-0.25, -0.2) is 0 Å². The summed E-state index contributed by atoms with van der Waals surface area (Å²) >= 11 is 0. The van der Waals surface area contributed by atoms with Gasteiger partial charge in [-0.05, 0) is 111 Å². The summed E-state index contributed by atoms with van der Waals surface area (Å²) in [6.07, 6.45) is 10.7. The molecule has 1 spiro atoms. The fourth-order valence-corrected chi connectivity index (χ4v) is 11.6. The zero-order chi connectivity index (χ0) is 24.7. The molecule has 5 saturated carbocycles. The van der Waals surface area contributed by atoms with Gasteiger partial charge in [-0.2, -0.15) is 0 Å². The number of carboxylic acid groups (broad SMARTS) is 1. The van der Waals surface area contributed by atoms with Crippen LogP contribution in [-0.2, 0) is 9.53 Å². The van der Waals surface area contributed by atoms with Gasteiger partial charge in [0.1, 0.15) is 5.60 Å². The average molecular weight is 473 g/mol. The zero-order valence-electron chi connectivity index (χ0n) is 22.7. The van der Waals surface area contributed by atoms with E-state index in [9.17, 15) is 15.0 Å². The molecule has 3 unspecified atom stereocenters. The molecule has 0 bridgehead atoms. The van der Waals surface area contributed by atoms with Crippen LogP contribution in [0.4, 0.5) is 0 Å². The minimum Gasteiger partial charge on any atom is -0.481 e. The lowest BCUT2D eigenvalue weighted by atomic mass is 9.30. The topological polar surface area (TPSA) is 70.1 Å². The molecule has 0 aromatic carbocycles. The van der Waals surface area contributed by atoms with Gasteiger partial charge in [0.15, 0.2) is 0 Å². The molecule has 1 saturated heterocycles. The van der Waals surface area contributed by atoms with Crippen LogP contribution in [0.5, 0.6) is 0 Å². The lowest BCUT2D eigenvalue weighted by Crippen LogP contribution is -2.69. The molecule has 0 amide bonds. The number of hydrogen-bond donors (Lipinski definition) is 2. The molecule has 0 aromatic rings. The number of ether oxygens (including phenoxy) is 1. The summed E-state index contributed by atoms with van der Waals surface area (Å²) in [6, 6.07) is 0. The van der Waals surface area contributed by atoms with Crippen molar-refractivity contribution in [2.45, 2.75) is 130 Å². The van der Waals surface area contributed by atoms with E-state index in [1.807, 2.05) is 6.92 Å². The number of aliphatic hydroxyl groups is 1. The van der Waals surface area contributed by atoms with Crippen LogP contribution < -0.4 is 0 Å². The second-order valence-corrected chi connectivity index (χ2v) is 15.7. The number of aliphatic carboxylic acids is 1. The fourth-order valence-electron chi connectivity index (χ4n) is 11.6. The molecule has 34 heavy (non-hydrogen) atoms. The molecule has 4 heteroatoms. The Labute approximate surface area is 206 Å². The highest BCUT2D eigenvalue weighted by Crippen LogP contribution is 2.81. The third-order valence-corrected chi connectivity index (χ3v) is 14.4. The molecule has 2 N–H and O–H groups in total. The molecular formula is C30H48O4. The first-order chi connectivity index (χ1) is 15.6. The summed E-state index contributed by atoms with van der Waals surface area (Å²) in [7, 11) is 0. The monoisotopic (exact) mass is 472 g/mol. The summed E-state index contributed by atoms with van der Waals surface area (Å²) in [5.74, 6) is 1.00. The minimum absolute atomic E-state index is 0.143. The van der Waals surface area contributed by atoms with E-state index in [1.165, 1.54) is 25.7 Å². The summed E-state index contributed by atoms with van der Waals surface area (Å²) in [6.45, 7) is 16.7. The summed E-state index contributed by atoms with van der Waals surface area (Å²) in [5.41, 5.74) is -0.0420. The Morgan fingerprint density at radius 1 is 0.794 bits per heavy atom. The molecule has 4 nitrogen and oxygen atoms in total. The van der Waals surface area contributed by atoms with Gasteiger partial charge in [-0.3, -0.25) is 4.79 Å². The molecule has 6 aliphatic rings. The third kappa shape index (κ3) is 2.42. The second kappa shape index (κ2) is 6.44. The Bertz CT molecular complexity index is 929. The number of aliphatic hydroxyl groups excluding tert-OH is 1. The molecule has 1 heterocycles. The Kier molecular flexibility index (Phi) is 4.50. The molecule has 0 radical (unpaired) electrons. The Hall–Kier alpha value is -0.610. The quantitative estimate of drug-likeness (QED) is 0.431. The van der Waals surface area contributed by atoms with E-state index in [2.05, 4.69) is 41.5 Å². The van der Waals surface area contributed by atoms with Crippen molar-refractivity contribution < 1.29 is 19.7 Å². The third-order valence-electron chi connectivity index (χ3n) is 14.4. The molecule has 6 rings (SSSR count). The lowest BCUT2D eigenvalue weighted by Gasteiger charge is -2.73. The SMILES string of the molecule is CC1(C)[C@@H](O)CCC2[C@]3(C)CC[C@@]4(C)C5C[C@](C)(C(=O)O)CC[C@]5(C)CC[C@]4(C)C3C[C@@H]3O[C@]231. The standard InChI is InChI=1S/C30H48O4/c1-24(2)21(31)9-8-18-27(5)13-15-29(7)20-17-26(4,23(32)33)11-10-25(20,3)12-14-28(29,6)19(27)16-22-30(18,24)34-22/h18-22,31H,8-17H2,1-7H3,(H,32,33)/t18?,19?,20?,21-,22-,25+,26+,27-,28+,29-,30+/m0/s1. The summed E-state index contributed by atoms with van der Waals surface area (Å²) in [5, 5.41) is 21.1. The Morgan fingerprint density at radius 2 is 1.41 bits per heavy atom. The van der Waals surface area contributed by atoms with Gasteiger partial charge in [0.2, 0.25) is 0 Å². The van der Waals surface area contributed by atoms with E-state index in [-0.39, 0.29) is 44.9 Å². The summed E-state index contributed by atoms with van der Waals surface area (Å²) < 4.78 is 6.72. The van der Waals surface area contributed by atoms with Crippen LogP contribution in [0, 0.1) is 50.2 Å². The van der Waals surface area contributed by atoms with Crippen molar-refractivity contribution in [2.75, 3.05) is 0 Å². The van der Waals surface area contributed by atoms with Crippen molar-refractivity contribution in [2.24, 2.45) is 50.2 Å². The highest BCUT2D eigenvalue weighted by Gasteiger charge is 2.81. The van der Waals surface area contributed by atoms with Crippen LogP contribution in [0.15, 0.2) is 0 Å². The van der Waals surface area contributed by atoms with Crippen molar-refractivity contribution in [3.63, 3.8) is 0 Å². The minimum atomic E-state index is -0.595. The van der Waals surface area contributed by atoms with Gasteiger partial charge in [-0.1, -0.05) is 41.5 Å². The van der Waals surface area contributed by atoms with Gasteiger partial charge < -0.3 is 14.9 Å². The first-order valence-electron chi connectivity index (χ1n) is 14.2. The number of carbonyl (C=O) groups is 1. The van der Waals surface area contributed by atoms with Gasteiger partial charge >= 0.3 is 5.97 Å². The van der Waals surface area contributed by atoms with Crippen LogP contribution in [-0.4, -0.2) is 34.0 Å². The fraction of sp³-hybridized carbons (Fsp3) is 0.967.